The van der Waals surface area contributed by atoms with Gasteiger partial charge in [0.1, 0.15) is 68.1 Å². The van der Waals surface area contributed by atoms with Crippen molar-refractivity contribution >= 4 is 5.97 Å². The van der Waals surface area contributed by atoms with Crippen LogP contribution in [-0.4, -0.2) is 236 Å². The van der Waals surface area contributed by atoms with Crippen LogP contribution in [0.15, 0.2) is 30.3 Å². The fraction of sp³-hybridized carbons (Fsp3) is 0.891. The topological polar surface area (TPSA) is 293 Å². The molecule has 10 N–H and O–H groups in total. The van der Waals surface area contributed by atoms with Crippen molar-refractivity contribution in [2.75, 3.05) is 113 Å². The first-order chi connectivity index (χ1) is 40.7. The number of rotatable bonds is 49. The van der Waals surface area contributed by atoms with Gasteiger partial charge in [-0.3, -0.25) is 4.79 Å². The van der Waals surface area contributed by atoms with E-state index in [1.165, 1.54) is 141 Å². The highest BCUT2D eigenvalue weighted by atomic mass is 35.5. The van der Waals surface area contributed by atoms with Crippen LogP contribution in [0, 0.1) is 0 Å². The third-order valence-corrected chi connectivity index (χ3v) is 14.6. The maximum atomic E-state index is 11.9. The van der Waals surface area contributed by atoms with Gasteiger partial charge in [0.05, 0.1) is 99.9 Å². The maximum Gasteiger partial charge on any atom is 0.305 e. The molecule has 0 bridgehead atoms. The lowest BCUT2D eigenvalue weighted by Gasteiger charge is -2.39. The van der Waals surface area contributed by atoms with Crippen LogP contribution in [0.25, 0.3) is 0 Å². The fourth-order valence-corrected chi connectivity index (χ4v) is 9.70. The van der Waals surface area contributed by atoms with Crippen LogP contribution in [0.3, 0.4) is 0 Å². The summed E-state index contributed by atoms with van der Waals surface area (Å²) in [6.07, 6.45) is 23.1. The lowest BCUT2D eigenvalue weighted by Crippen LogP contribution is -3.00. The van der Waals surface area contributed by atoms with Gasteiger partial charge in [-0.15, -0.1) is 0 Å². The highest BCUT2D eigenvalue weighted by molar-refractivity contribution is 5.69. The minimum atomic E-state index is -1.37. The average Bonchev–Trinajstić information content (AvgIpc) is 3.85. The Hall–Kier alpha value is -1.74. The van der Waals surface area contributed by atoms with Crippen molar-refractivity contribution in [1.82, 2.24) is 0 Å². The van der Waals surface area contributed by atoms with Crippen LogP contribution in [0.5, 0.6) is 0 Å². The monoisotopic (exact) mass is 1250 g/mol. The molecule has 1 aromatic carbocycles. The van der Waals surface area contributed by atoms with E-state index in [-0.39, 0.29) is 97.7 Å². The minimum absolute atomic E-state index is 0. The van der Waals surface area contributed by atoms with Crippen LogP contribution < -0.4 is 12.4 Å². The quantitative estimate of drug-likeness (QED) is 0.0253. The highest BCUT2D eigenvalue weighted by Gasteiger charge is 2.45. The van der Waals surface area contributed by atoms with Gasteiger partial charge in [-0.25, -0.2) is 0 Å². The first-order valence-electron chi connectivity index (χ1n) is 32.4. The zero-order valence-corrected chi connectivity index (χ0v) is 54.1. The van der Waals surface area contributed by atoms with E-state index >= 15 is 0 Å². The number of quaternary nitrogens is 1. The molecule has 20 nitrogen and oxygen atoms in total. The molecule has 0 aliphatic carbocycles. The first kappa shape index (κ1) is 85.3. The summed E-state index contributed by atoms with van der Waals surface area (Å²) in [6, 6.07) is 10.9. The van der Waals surface area contributed by atoms with Crippen molar-refractivity contribution < 1.29 is 111 Å². The summed E-state index contributed by atoms with van der Waals surface area (Å²) >= 11 is 0. The standard InChI is InChI=1S/C26H50O10.C19H34N.C16H32O6.C3H8O3.ClH/c1-2-3-4-5-6-7-8-9-10-11-24(30)34-19-18-31-20-22(32-15-12-27)26-25(35-17-14-29)23(21-36-26)33-16-13-28;1-4-5-6-7-8-9-10-14-17-20(2,3)18-19-15-12-11-13-16-19;1-2-3-4-5-6-7-8-9-10-21-16-15(20)14(19)13(18)12(11-17)22-16;4-1-3(6)2-5;/h22-23,25-29H,2-21H2,1H3;11-13,15-16H,4-10,14,17-18H2,1-3H3;12-20H,2-11H2,1H3;3-6H,1-2H2;1H/q;+1;;;/p-1/t;;12-,13-,14+,15-,16?;;/m..1../s1. The second-order valence-corrected chi connectivity index (χ2v) is 22.8. The molecule has 5 unspecified atom stereocenters. The van der Waals surface area contributed by atoms with Gasteiger partial charge < -0.3 is 106 Å². The number of carbonyl (C=O) groups excluding carboxylic acids is 1. The van der Waals surface area contributed by atoms with Gasteiger partial charge in [0.2, 0.25) is 0 Å². The Labute approximate surface area is 519 Å². The molecular weight excluding hydrogens is 1120 g/mol. The third-order valence-electron chi connectivity index (χ3n) is 14.6. The number of esters is 1. The van der Waals surface area contributed by atoms with Gasteiger partial charge in [-0.05, 0) is 25.7 Å². The Morgan fingerprint density at radius 1 is 0.588 bits per heavy atom. The number of nitrogens with zero attached hydrogens (tertiary/aromatic N) is 1. The molecule has 1 aromatic rings. The highest BCUT2D eigenvalue weighted by Crippen LogP contribution is 2.26. The van der Waals surface area contributed by atoms with Crippen molar-refractivity contribution in [3.63, 3.8) is 0 Å². The van der Waals surface area contributed by atoms with Gasteiger partial charge in [-0.1, -0.05) is 186 Å². The Morgan fingerprint density at radius 3 is 1.60 bits per heavy atom. The third kappa shape index (κ3) is 46.1. The number of carbonyl (C=O) groups is 1. The van der Waals surface area contributed by atoms with Crippen LogP contribution in [0.2, 0.25) is 0 Å². The molecule has 3 rings (SSSR count). The average molecular weight is 1250 g/mol. The molecular formula is C64H124ClNO19. The molecule has 2 saturated heterocycles. The second kappa shape index (κ2) is 59.9. The molecule has 21 heteroatoms. The summed E-state index contributed by atoms with van der Waals surface area (Å²) in [5.74, 6) is -0.213. The van der Waals surface area contributed by atoms with Gasteiger partial charge in [-0.2, -0.15) is 0 Å². The van der Waals surface area contributed by atoms with Crippen molar-refractivity contribution in [3.05, 3.63) is 35.9 Å². The molecule has 9 atom stereocenters. The summed E-state index contributed by atoms with van der Waals surface area (Å²) in [7, 11) is 4.71. The number of hydrogen-bond donors (Lipinski definition) is 10. The van der Waals surface area contributed by atoms with Crippen molar-refractivity contribution in [1.29, 1.82) is 0 Å². The molecule has 2 fully saturated rings. The number of hydrogen-bond acceptors (Lipinski definition) is 19. The largest absolute Gasteiger partial charge is 1.00 e. The predicted octanol–water partition coefficient (Wildman–Crippen LogP) is 3.68. The van der Waals surface area contributed by atoms with Crippen LogP contribution >= 0.6 is 0 Å². The number of aliphatic hydroxyl groups excluding tert-OH is 10. The van der Waals surface area contributed by atoms with Gasteiger partial charge in [0, 0.05) is 18.6 Å². The number of halogens is 1. The molecule has 85 heavy (non-hydrogen) atoms. The number of ether oxygens (including phenoxy) is 8. The van der Waals surface area contributed by atoms with Crippen LogP contribution in [-0.2, 0) is 49.2 Å². The van der Waals surface area contributed by atoms with Gasteiger partial charge in [0.15, 0.2) is 6.29 Å². The number of benzene rings is 1. The smallest absolute Gasteiger partial charge is 0.305 e. The van der Waals surface area contributed by atoms with Crippen molar-refractivity contribution in [2.24, 2.45) is 0 Å². The molecule has 0 radical (unpaired) electrons. The lowest BCUT2D eigenvalue weighted by atomic mass is 9.99. The van der Waals surface area contributed by atoms with E-state index in [4.69, 9.17) is 68.5 Å². The SMILES string of the molecule is CCCCCCCCCCCC(=O)OCCOCC(OCCO)C1OCC(OCCO)C1OCCO.CCCCCCCCCCOC1O[C@H](CO)[C@@H](O)[C@H](O)[C@H]1O.CCCCCCCCCC[N+](C)(C)Cc1ccccc1.OCC(O)CO.[Cl-]. The Balaban J connectivity index is 0. The molecule has 506 valence electrons. The van der Waals surface area contributed by atoms with Gasteiger partial charge >= 0.3 is 5.97 Å². The van der Waals surface area contributed by atoms with E-state index in [0.29, 0.717) is 13.0 Å². The first-order valence-corrected chi connectivity index (χ1v) is 32.4. The molecule has 2 heterocycles. The zero-order valence-electron chi connectivity index (χ0n) is 53.3. The molecule has 0 amide bonds. The molecule has 0 aromatic heterocycles. The van der Waals surface area contributed by atoms with E-state index in [1.807, 2.05) is 0 Å². The maximum absolute atomic E-state index is 11.9. The van der Waals surface area contributed by atoms with Crippen LogP contribution in [0.1, 0.15) is 193 Å². The number of aliphatic hydroxyl groups is 10. The summed E-state index contributed by atoms with van der Waals surface area (Å²) in [5.41, 5.74) is 1.46. The molecule has 0 saturated carbocycles. The van der Waals surface area contributed by atoms with Crippen molar-refractivity contribution in [3.8, 4) is 0 Å². The molecule has 0 spiro atoms. The minimum Gasteiger partial charge on any atom is -1.00 e. The van der Waals surface area contributed by atoms with E-state index in [9.17, 15) is 25.2 Å². The Morgan fingerprint density at radius 2 is 1.09 bits per heavy atom. The van der Waals surface area contributed by atoms with Crippen molar-refractivity contribution in [2.45, 2.75) is 255 Å². The van der Waals surface area contributed by atoms with Crippen LogP contribution in [0.4, 0.5) is 0 Å². The molecule has 2 aliphatic rings. The molecule has 2 aliphatic heterocycles. The van der Waals surface area contributed by atoms with E-state index in [1.54, 1.807) is 0 Å². The normalized spacial score (nSPS) is 20.6. The summed E-state index contributed by atoms with van der Waals surface area (Å²) in [4.78, 5) is 11.9. The summed E-state index contributed by atoms with van der Waals surface area (Å²) in [6.45, 7) is 9.08. The van der Waals surface area contributed by atoms with E-state index in [0.717, 1.165) is 43.1 Å². The van der Waals surface area contributed by atoms with E-state index < -0.39 is 67.8 Å². The Bertz CT molecular complexity index is 1540. The van der Waals surface area contributed by atoms with E-state index in [2.05, 4.69) is 65.2 Å². The van der Waals surface area contributed by atoms with Gasteiger partial charge in [0.25, 0.3) is 0 Å². The number of unbranched alkanes of at least 4 members (excludes halogenated alkanes) is 22. The summed E-state index contributed by atoms with van der Waals surface area (Å²) in [5, 5.41) is 89.6. The second-order valence-electron chi connectivity index (χ2n) is 22.8. The Kier molecular flexibility index (Phi) is 60.1. The summed E-state index contributed by atoms with van der Waals surface area (Å²) < 4.78 is 45.7. The zero-order chi connectivity index (χ0) is 62.3. The fourth-order valence-electron chi connectivity index (χ4n) is 9.70. The predicted molar refractivity (Wildman–Crippen MR) is 326 cm³/mol. The lowest BCUT2D eigenvalue weighted by molar-refractivity contribution is -0.903.